The van der Waals surface area contributed by atoms with Gasteiger partial charge in [-0.1, -0.05) is 30.3 Å². The first-order chi connectivity index (χ1) is 19.7. The minimum absolute atomic E-state index is 0.193. The van der Waals surface area contributed by atoms with Gasteiger partial charge in [0, 0.05) is 29.2 Å². The Bertz CT molecular complexity index is 1730. The minimum Gasteiger partial charge on any atom is -0.497 e. The first-order valence-corrected chi connectivity index (χ1v) is 13.4. The normalized spacial score (nSPS) is 12.6. The summed E-state index contributed by atoms with van der Waals surface area (Å²) in [7, 11) is 1.63. The summed E-state index contributed by atoms with van der Waals surface area (Å²) in [6.07, 6.45) is 4.52. The molecule has 0 aliphatic heterocycles. The molecule has 0 spiro atoms. The molecule has 208 valence electrons. The van der Waals surface area contributed by atoms with Crippen LogP contribution in [0.15, 0.2) is 85.5 Å². The lowest BCUT2D eigenvalue weighted by Crippen LogP contribution is -2.20. The number of esters is 1. The second kappa shape index (κ2) is 11.3. The van der Waals surface area contributed by atoms with E-state index in [0.29, 0.717) is 0 Å². The largest absolute Gasteiger partial charge is 0.497 e. The van der Waals surface area contributed by atoms with Gasteiger partial charge in [0.1, 0.15) is 5.75 Å². The van der Waals surface area contributed by atoms with E-state index in [1.165, 1.54) is 0 Å². The fraction of sp³-hybridized carbons (Fsp3) is 0.206. The molecule has 1 heterocycles. The van der Waals surface area contributed by atoms with Crippen molar-refractivity contribution in [1.29, 1.82) is 0 Å². The van der Waals surface area contributed by atoms with Crippen molar-refractivity contribution in [3.8, 4) is 11.4 Å². The number of carbonyl (C=O) groups is 2. The van der Waals surface area contributed by atoms with Gasteiger partial charge < -0.3 is 19.1 Å². The highest BCUT2D eigenvalue weighted by Crippen LogP contribution is 2.37. The molecular formula is C34H32N2O5. The molecule has 7 nitrogen and oxygen atoms in total. The molecule has 0 bridgehead atoms. The van der Waals surface area contributed by atoms with E-state index in [1.807, 2.05) is 93.1 Å². The Labute approximate surface area is 239 Å². The second-order valence-corrected chi connectivity index (χ2v) is 10.4. The van der Waals surface area contributed by atoms with Crippen molar-refractivity contribution in [1.82, 2.24) is 9.55 Å². The Morgan fingerprint density at radius 1 is 0.878 bits per heavy atom. The predicted octanol–water partition coefficient (Wildman–Crippen LogP) is 7.09. The zero-order valence-corrected chi connectivity index (χ0v) is 23.7. The van der Waals surface area contributed by atoms with Crippen LogP contribution >= 0.6 is 0 Å². The lowest BCUT2D eigenvalue weighted by atomic mass is 9.89. The Kier molecular flexibility index (Phi) is 7.62. The third-order valence-electron chi connectivity index (χ3n) is 7.61. The van der Waals surface area contributed by atoms with Crippen molar-refractivity contribution in [3.05, 3.63) is 124 Å². The van der Waals surface area contributed by atoms with E-state index in [9.17, 15) is 14.7 Å². The number of nitrogens with zero attached hydrogens (tertiary/aromatic N) is 2. The first kappa shape index (κ1) is 27.6. The molecule has 2 atom stereocenters. The van der Waals surface area contributed by atoms with E-state index in [0.717, 1.165) is 55.6 Å². The number of carboxylic acids is 1. The van der Waals surface area contributed by atoms with Gasteiger partial charge in [0.15, 0.2) is 6.10 Å². The van der Waals surface area contributed by atoms with Crippen LogP contribution in [-0.2, 0) is 9.53 Å². The van der Waals surface area contributed by atoms with Gasteiger partial charge in [-0.05, 0) is 97.1 Å². The minimum atomic E-state index is -1.00. The lowest BCUT2D eigenvalue weighted by Gasteiger charge is -2.26. The second-order valence-electron chi connectivity index (χ2n) is 10.4. The van der Waals surface area contributed by atoms with Crippen LogP contribution in [0.5, 0.6) is 5.75 Å². The molecule has 1 aromatic heterocycles. The molecule has 0 aliphatic rings. The fourth-order valence-corrected chi connectivity index (χ4v) is 5.27. The number of hydrogen-bond acceptors (Lipinski definition) is 5. The lowest BCUT2D eigenvalue weighted by molar-refractivity contribution is -0.149. The van der Waals surface area contributed by atoms with Crippen LogP contribution in [0.25, 0.3) is 16.5 Å². The average molecular weight is 549 g/mol. The summed E-state index contributed by atoms with van der Waals surface area (Å²) in [4.78, 5) is 29.7. The molecule has 5 rings (SSSR count). The van der Waals surface area contributed by atoms with E-state index in [2.05, 4.69) is 4.98 Å². The van der Waals surface area contributed by atoms with Crippen LogP contribution < -0.4 is 4.74 Å². The summed E-state index contributed by atoms with van der Waals surface area (Å²) in [6, 6.07) is 21.0. The molecule has 0 unspecified atom stereocenters. The Morgan fingerprint density at radius 2 is 1.59 bits per heavy atom. The van der Waals surface area contributed by atoms with Crippen LogP contribution in [0.4, 0.5) is 0 Å². The SMILES string of the molecule is COc1ccc2cc([C@H](C)C(=O)O[C@H](c3cc(-n4ccnc4)ccc3C)c3c(C)cc(C(=O)O)cc3C)ccc2c1. The van der Waals surface area contributed by atoms with Gasteiger partial charge in [0.2, 0.25) is 0 Å². The van der Waals surface area contributed by atoms with Crippen LogP contribution in [0.3, 0.4) is 0 Å². The highest BCUT2D eigenvalue weighted by molar-refractivity contribution is 5.89. The number of ether oxygens (including phenoxy) is 2. The maximum Gasteiger partial charge on any atom is 0.335 e. The van der Waals surface area contributed by atoms with Crippen molar-refractivity contribution in [2.24, 2.45) is 0 Å². The molecule has 0 aliphatic carbocycles. The maximum absolute atomic E-state index is 13.8. The fourth-order valence-electron chi connectivity index (χ4n) is 5.27. The van der Waals surface area contributed by atoms with Gasteiger partial charge in [-0.3, -0.25) is 4.79 Å². The Morgan fingerprint density at radius 3 is 2.24 bits per heavy atom. The number of rotatable bonds is 8. The number of benzene rings is 4. The number of methoxy groups -OCH3 is 1. The molecular weight excluding hydrogens is 516 g/mol. The van der Waals surface area contributed by atoms with E-state index < -0.39 is 18.0 Å². The third kappa shape index (κ3) is 5.57. The summed E-state index contributed by atoms with van der Waals surface area (Å²) in [6.45, 7) is 7.52. The number of carboxylic acid groups (broad SMARTS) is 1. The number of aromatic carboxylic acids is 1. The molecule has 4 aromatic carbocycles. The molecule has 41 heavy (non-hydrogen) atoms. The van der Waals surface area contributed by atoms with E-state index in [-0.39, 0.29) is 11.5 Å². The smallest absolute Gasteiger partial charge is 0.335 e. The zero-order valence-electron chi connectivity index (χ0n) is 23.7. The number of carbonyl (C=O) groups excluding carboxylic acids is 1. The number of imidazole rings is 1. The van der Waals surface area contributed by atoms with E-state index >= 15 is 0 Å². The van der Waals surface area contributed by atoms with Gasteiger partial charge in [0.25, 0.3) is 0 Å². The van der Waals surface area contributed by atoms with E-state index in [1.54, 1.807) is 31.8 Å². The van der Waals surface area contributed by atoms with Gasteiger partial charge in [0.05, 0.1) is 24.9 Å². The number of fused-ring (bicyclic) bond motifs is 1. The number of aromatic nitrogens is 2. The highest BCUT2D eigenvalue weighted by Gasteiger charge is 2.28. The van der Waals surface area contributed by atoms with Crippen LogP contribution in [-0.4, -0.2) is 33.7 Å². The standard InChI is InChI=1S/C34H32N2O5/c1-20-6-10-28(36-13-12-35-19-36)18-30(20)32(31-21(2)14-27(33(37)38)15-22(31)3)41-34(39)23(4)24-7-8-26-17-29(40-5)11-9-25(26)16-24/h6-19,23,32H,1-5H3,(H,37,38)/t23-,32+/m0/s1. The molecule has 7 heteroatoms. The van der Waals surface area contributed by atoms with Gasteiger partial charge in [-0.15, -0.1) is 0 Å². The zero-order chi connectivity index (χ0) is 29.3. The highest BCUT2D eigenvalue weighted by atomic mass is 16.5. The number of aryl methyl sites for hydroxylation is 3. The summed E-state index contributed by atoms with van der Waals surface area (Å²) < 4.78 is 13.6. The van der Waals surface area contributed by atoms with E-state index in [4.69, 9.17) is 9.47 Å². The molecule has 5 aromatic rings. The predicted molar refractivity (Wildman–Crippen MR) is 158 cm³/mol. The first-order valence-electron chi connectivity index (χ1n) is 13.4. The summed E-state index contributed by atoms with van der Waals surface area (Å²) in [5, 5.41) is 11.6. The van der Waals surface area contributed by atoms with Crippen molar-refractivity contribution in [2.75, 3.05) is 7.11 Å². The summed E-state index contributed by atoms with van der Waals surface area (Å²) in [5.41, 5.74) is 5.91. The molecule has 0 radical (unpaired) electrons. The molecule has 0 saturated carbocycles. The van der Waals surface area contributed by atoms with Crippen molar-refractivity contribution in [3.63, 3.8) is 0 Å². The van der Waals surface area contributed by atoms with Gasteiger partial charge >= 0.3 is 11.9 Å². The summed E-state index contributed by atoms with van der Waals surface area (Å²) in [5.74, 6) is -1.15. The number of hydrogen-bond donors (Lipinski definition) is 1. The third-order valence-corrected chi connectivity index (χ3v) is 7.61. The maximum atomic E-state index is 13.8. The molecule has 0 amide bonds. The monoisotopic (exact) mass is 548 g/mol. The van der Waals surface area contributed by atoms with Crippen LogP contribution in [0.2, 0.25) is 0 Å². The Balaban J connectivity index is 1.57. The summed E-state index contributed by atoms with van der Waals surface area (Å²) >= 11 is 0. The van der Waals surface area contributed by atoms with Gasteiger partial charge in [-0.25, -0.2) is 9.78 Å². The quantitative estimate of drug-likeness (QED) is 0.208. The average Bonchev–Trinajstić information content (AvgIpc) is 3.50. The van der Waals surface area contributed by atoms with Crippen molar-refractivity contribution >= 4 is 22.7 Å². The molecule has 0 saturated heterocycles. The topological polar surface area (TPSA) is 90.7 Å². The molecule has 1 N–H and O–H groups in total. The van der Waals surface area contributed by atoms with Crippen LogP contribution in [0, 0.1) is 20.8 Å². The van der Waals surface area contributed by atoms with Crippen molar-refractivity contribution in [2.45, 2.75) is 39.7 Å². The van der Waals surface area contributed by atoms with Gasteiger partial charge in [-0.2, -0.15) is 0 Å². The van der Waals surface area contributed by atoms with Crippen molar-refractivity contribution < 1.29 is 24.2 Å². The Hall–Kier alpha value is -4.91. The van der Waals surface area contributed by atoms with Crippen LogP contribution in [0.1, 0.15) is 62.7 Å². The molecule has 0 fully saturated rings.